The van der Waals surface area contributed by atoms with Gasteiger partial charge in [-0.1, -0.05) is 0 Å². The van der Waals surface area contributed by atoms with Gasteiger partial charge in [-0.25, -0.2) is 9.97 Å². The van der Waals surface area contributed by atoms with Gasteiger partial charge in [0, 0.05) is 14.1 Å². The summed E-state index contributed by atoms with van der Waals surface area (Å²) in [7, 11) is 3.10. The van der Waals surface area contributed by atoms with Gasteiger partial charge in [-0.05, 0) is 0 Å². The van der Waals surface area contributed by atoms with E-state index in [0.717, 1.165) is 6.33 Å². The maximum atomic E-state index is 12.1. The second kappa shape index (κ2) is 3.15. The Morgan fingerprint density at radius 2 is 1.85 bits per heavy atom. The van der Waals surface area contributed by atoms with Crippen LogP contribution in [-0.4, -0.2) is 29.0 Å². The molecule has 1 aromatic rings. The van der Waals surface area contributed by atoms with E-state index in [1.54, 1.807) is 14.1 Å². The molecule has 4 nitrogen and oxygen atoms in total. The molecule has 0 radical (unpaired) electrons. The third kappa shape index (κ3) is 2.27. The zero-order valence-corrected chi connectivity index (χ0v) is 7.00. The minimum Gasteiger partial charge on any atom is -0.347 e. The van der Waals surface area contributed by atoms with Gasteiger partial charge in [0.1, 0.15) is 6.33 Å². The Morgan fingerprint density at radius 1 is 1.23 bits per heavy atom. The van der Waals surface area contributed by atoms with Crippen LogP contribution in [0.15, 0.2) is 6.33 Å². The normalized spacial score (nSPS) is 11.5. The lowest BCUT2D eigenvalue weighted by molar-refractivity contribution is -0.145. The maximum Gasteiger partial charge on any atom is 0.451 e. The SMILES string of the molecule is CN(C)c1ncnc(C(F)(F)F)n1. The topological polar surface area (TPSA) is 41.9 Å². The summed E-state index contributed by atoms with van der Waals surface area (Å²) in [4.78, 5) is 11.2. The van der Waals surface area contributed by atoms with Gasteiger partial charge >= 0.3 is 6.18 Å². The van der Waals surface area contributed by atoms with Gasteiger partial charge < -0.3 is 4.90 Å². The average Bonchev–Trinajstić information content (AvgIpc) is 2.03. The lowest BCUT2D eigenvalue weighted by Gasteiger charge is -2.10. The fraction of sp³-hybridized carbons (Fsp3) is 0.500. The minimum absolute atomic E-state index is 0.0117. The van der Waals surface area contributed by atoms with Crippen LogP contribution in [0.25, 0.3) is 0 Å². The molecule has 0 unspecified atom stereocenters. The molecule has 0 spiro atoms. The third-order valence-electron chi connectivity index (χ3n) is 1.21. The summed E-state index contributed by atoms with van der Waals surface area (Å²) in [5.41, 5.74) is 0. The summed E-state index contributed by atoms with van der Waals surface area (Å²) in [6.45, 7) is 0. The maximum absolute atomic E-state index is 12.1. The monoisotopic (exact) mass is 192 g/mol. The van der Waals surface area contributed by atoms with Crippen LogP contribution >= 0.6 is 0 Å². The zero-order valence-electron chi connectivity index (χ0n) is 7.00. The van der Waals surface area contributed by atoms with Crippen molar-refractivity contribution >= 4 is 5.95 Å². The minimum atomic E-state index is -4.52. The van der Waals surface area contributed by atoms with Crippen LogP contribution < -0.4 is 4.90 Å². The molecule has 1 heterocycles. The van der Waals surface area contributed by atoms with Crippen molar-refractivity contribution < 1.29 is 13.2 Å². The number of nitrogens with zero attached hydrogens (tertiary/aromatic N) is 4. The Hall–Kier alpha value is -1.40. The van der Waals surface area contributed by atoms with Crippen LogP contribution in [0.5, 0.6) is 0 Å². The van der Waals surface area contributed by atoms with Crippen molar-refractivity contribution in [2.75, 3.05) is 19.0 Å². The number of alkyl halides is 3. The van der Waals surface area contributed by atoms with Gasteiger partial charge in [0.2, 0.25) is 11.8 Å². The summed E-state index contributed by atoms with van der Waals surface area (Å²) >= 11 is 0. The molecule has 0 saturated carbocycles. The van der Waals surface area contributed by atoms with E-state index < -0.39 is 12.0 Å². The van der Waals surface area contributed by atoms with Crippen LogP contribution in [0.2, 0.25) is 0 Å². The van der Waals surface area contributed by atoms with Crippen LogP contribution in [-0.2, 0) is 6.18 Å². The first kappa shape index (κ1) is 9.69. The van der Waals surface area contributed by atoms with Crippen LogP contribution in [0, 0.1) is 0 Å². The molecule has 0 aliphatic heterocycles. The van der Waals surface area contributed by atoms with E-state index in [9.17, 15) is 13.2 Å². The lowest BCUT2D eigenvalue weighted by atomic mass is 10.6. The molecule has 0 amide bonds. The van der Waals surface area contributed by atoms with Gasteiger partial charge in [0.15, 0.2) is 0 Å². The molecule has 7 heteroatoms. The van der Waals surface area contributed by atoms with E-state index in [4.69, 9.17) is 0 Å². The molecule has 0 aliphatic rings. The molecule has 1 rings (SSSR count). The molecule has 13 heavy (non-hydrogen) atoms. The molecule has 0 fully saturated rings. The Balaban J connectivity index is 3.06. The Bertz CT molecular complexity index is 296. The van der Waals surface area contributed by atoms with Gasteiger partial charge in [-0.2, -0.15) is 18.2 Å². The summed E-state index contributed by atoms with van der Waals surface area (Å²) < 4.78 is 36.2. The zero-order chi connectivity index (χ0) is 10.1. The van der Waals surface area contributed by atoms with E-state index in [1.165, 1.54) is 4.90 Å². The molecule has 0 aromatic carbocycles. The van der Waals surface area contributed by atoms with E-state index in [-0.39, 0.29) is 5.95 Å². The smallest absolute Gasteiger partial charge is 0.347 e. The summed E-state index contributed by atoms with van der Waals surface area (Å²) in [6, 6.07) is 0. The van der Waals surface area contributed by atoms with E-state index in [0.29, 0.717) is 0 Å². The third-order valence-corrected chi connectivity index (χ3v) is 1.21. The standard InChI is InChI=1S/C6H7F3N4/c1-13(2)5-11-3-10-4(12-5)6(7,8)9/h3H,1-2H3. The highest BCUT2D eigenvalue weighted by atomic mass is 19.4. The summed E-state index contributed by atoms with van der Waals surface area (Å²) in [5, 5.41) is 0. The van der Waals surface area contributed by atoms with E-state index >= 15 is 0 Å². The number of anilines is 1. The van der Waals surface area contributed by atoms with Gasteiger partial charge in [-0.15, -0.1) is 0 Å². The van der Waals surface area contributed by atoms with Crippen molar-refractivity contribution in [1.82, 2.24) is 15.0 Å². The van der Waals surface area contributed by atoms with Crippen LogP contribution in [0.3, 0.4) is 0 Å². The molecule has 0 atom stereocenters. The summed E-state index contributed by atoms with van der Waals surface area (Å²) in [6.07, 6.45) is -3.68. The second-order valence-electron chi connectivity index (χ2n) is 2.50. The molecule has 0 N–H and O–H groups in total. The highest BCUT2D eigenvalue weighted by molar-refractivity contribution is 5.25. The molecule has 0 saturated heterocycles. The largest absolute Gasteiger partial charge is 0.451 e. The molecule has 0 bridgehead atoms. The Morgan fingerprint density at radius 3 is 2.31 bits per heavy atom. The first-order valence-corrected chi connectivity index (χ1v) is 3.35. The van der Waals surface area contributed by atoms with Crippen LogP contribution in [0.4, 0.5) is 19.1 Å². The van der Waals surface area contributed by atoms with Gasteiger partial charge in [0.05, 0.1) is 0 Å². The predicted molar refractivity (Wildman–Crippen MR) is 39.2 cm³/mol. The first-order valence-electron chi connectivity index (χ1n) is 3.35. The fourth-order valence-electron chi connectivity index (χ4n) is 0.640. The summed E-state index contributed by atoms with van der Waals surface area (Å²) in [5.74, 6) is -1.19. The quantitative estimate of drug-likeness (QED) is 0.664. The van der Waals surface area contributed by atoms with Gasteiger partial charge in [0.25, 0.3) is 0 Å². The lowest BCUT2D eigenvalue weighted by Crippen LogP contribution is -2.18. The van der Waals surface area contributed by atoms with Crippen molar-refractivity contribution in [3.05, 3.63) is 12.2 Å². The highest BCUT2D eigenvalue weighted by Gasteiger charge is 2.35. The second-order valence-corrected chi connectivity index (χ2v) is 2.50. The van der Waals surface area contributed by atoms with Crippen molar-refractivity contribution in [3.8, 4) is 0 Å². The van der Waals surface area contributed by atoms with Crippen LogP contribution in [0.1, 0.15) is 5.82 Å². The van der Waals surface area contributed by atoms with E-state index in [1.807, 2.05) is 0 Å². The predicted octanol–water partition coefficient (Wildman–Crippen LogP) is 0.956. The Kier molecular flexibility index (Phi) is 2.35. The number of rotatable bonds is 1. The van der Waals surface area contributed by atoms with Crippen molar-refractivity contribution in [1.29, 1.82) is 0 Å². The molecule has 1 aromatic heterocycles. The molecule has 0 aliphatic carbocycles. The van der Waals surface area contributed by atoms with E-state index in [2.05, 4.69) is 15.0 Å². The molecular weight excluding hydrogens is 185 g/mol. The van der Waals surface area contributed by atoms with Crippen molar-refractivity contribution in [2.45, 2.75) is 6.18 Å². The number of halogens is 3. The molecule has 72 valence electrons. The fourth-order valence-corrected chi connectivity index (χ4v) is 0.640. The first-order chi connectivity index (χ1) is 5.91. The van der Waals surface area contributed by atoms with Crippen molar-refractivity contribution in [2.24, 2.45) is 0 Å². The number of hydrogen-bond acceptors (Lipinski definition) is 4. The Labute approximate surface area is 72.4 Å². The van der Waals surface area contributed by atoms with Crippen molar-refractivity contribution in [3.63, 3.8) is 0 Å². The molecular formula is C6H7F3N4. The number of aromatic nitrogens is 3. The van der Waals surface area contributed by atoms with Gasteiger partial charge in [-0.3, -0.25) is 0 Å². The number of hydrogen-bond donors (Lipinski definition) is 0. The highest BCUT2D eigenvalue weighted by Crippen LogP contribution is 2.25. The average molecular weight is 192 g/mol.